The van der Waals surface area contributed by atoms with Gasteiger partial charge in [-0.15, -0.1) is 0 Å². The van der Waals surface area contributed by atoms with Gasteiger partial charge in [0.1, 0.15) is 0 Å². The van der Waals surface area contributed by atoms with Gasteiger partial charge in [0, 0.05) is 0 Å². The van der Waals surface area contributed by atoms with Gasteiger partial charge in [-0.05, 0) is 66.8 Å². The highest BCUT2D eigenvalue weighted by Crippen LogP contribution is 2.25. The Kier molecular flexibility index (Phi) is 20.1. The zero-order valence-electron chi connectivity index (χ0n) is 63.5. The van der Waals surface area contributed by atoms with Gasteiger partial charge in [0.05, 0.1) is 0 Å². The van der Waals surface area contributed by atoms with Gasteiger partial charge >= 0.3 is 0 Å². The lowest BCUT2D eigenvalue weighted by molar-refractivity contribution is 1.63. The van der Waals surface area contributed by atoms with Crippen molar-refractivity contribution in [3.63, 3.8) is 0 Å². The Morgan fingerprint density at radius 1 is 0.0702 bits per heavy atom. The van der Waals surface area contributed by atoms with Crippen molar-refractivity contribution in [3.8, 4) is 66.8 Å². The summed E-state index contributed by atoms with van der Waals surface area (Å²) in [5, 5.41) is 0. The summed E-state index contributed by atoms with van der Waals surface area (Å²) >= 11 is 0. The summed E-state index contributed by atoms with van der Waals surface area (Å²) in [5.41, 5.74) is 36.9. The number of hydrogen-bond donors (Lipinski definition) is 0. The van der Waals surface area contributed by atoms with E-state index in [0.29, 0.717) is 0 Å². The Labute approximate surface area is 673 Å². The Hall–Kier alpha value is -13.7. The molecule has 0 N–H and O–H groups in total. The molecule has 0 aromatic heterocycles. The summed E-state index contributed by atoms with van der Waals surface area (Å²) in [6.45, 7) is 0.323. The summed E-state index contributed by atoms with van der Waals surface area (Å²) in [6, 6.07) is 177. The Morgan fingerprint density at radius 2 is 0.140 bits per heavy atom. The van der Waals surface area contributed by atoms with Gasteiger partial charge in [0.15, 0.2) is 0 Å². The molecule has 0 saturated carbocycles. The van der Waals surface area contributed by atoms with Gasteiger partial charge in [0.2, 0.25) is 40.3 Å². The fourth-order valence-electron chi connectivity index (χ4n) is 17.8. The van der Waals surface area contributed by atoms with E-state index < -0.39 is 0 Å². The van der Waals surface area contributed by atoms with Crippen LogP contribution in [0.15, 0.2) is 473 Å². The standard InChI is InChI=1S/C108H78B6/c1-7-19-91(20-8-1)109-97-55-31-79(32-56-97)81-35-59-99(60-36-81)110(92-21-9-2-10-22-92)101-63-39-83(40-64-101)85-43-67-103(68-44-85)112(94-25-13-4-14-26-94)105-71-47-87(48-72-105)89-51-75-107(76-52-89)114(96-29-17-6-18-30-96)108-77-53-90(54-78-108)88-49-73-106(74-50-88)113(95-27-15-5-16-28-95)104-69-45-86(46-70-104)84-41-65-102(66-42-84)111(93-23-11-3-12-24-93)100-61-37-82(38-62-100)80-33-57-98(109)58-34-80/h1-78H. The zero-order chi connectivity index (χ0) is 75.9. The van der Waals surface area contributed by atoms with E-state index in [-0.39, 0.29) is 40.3 Å². The second-order valence-electron chi connectivity index (χ2n) is 30.5. The summed E-state index contributed by atoms with van der Waals surface area (Å²) in [7, 11) is 0. The van der Waals surface area contributed by atoms with Crippen LogP contribution >= 0.6 is 0 Å². The van der Waals surface area contributed by atoms with Crippen LogP contribution in [0.4, 0.5) is 0 Å². The molecule has 0 unspecified atom stereocenters. The van der Waals surface area contributed by atoms with Crippen LogP contribution in [-0.4, -0.2) is 40.3 Å². The van der Waals surface area contributed by atoms with Crippen LogP contribution in [0.25, 0.3) is 66.8 Å². The first-order valence-electron chi connectivity index (χ1n) is 40.0. The molecule has 18 aromatic carbocycles. The van der Waals surface area contributed by atoms with E-state index in [2.05, 4.69) is 473 Å². The maximum absolute atomic E-state index is 2.33. The molecule has 6 heteroatoms. The first kappa shape index (κ1) is 70.7. The highest BCUT2D eigenvalue weighted by atomic mass is 14.1. The molecule has 0 nitrogen and oxygen atoms in total. The van der Waals surface area contributed by atoms with Crippen LogP contribution in [0.5, 0.6) is 0 Å². The summed E-state index contributed by atoms with van der Waals surface area (Å²) in [5.74, 6) is 0. The van der Waals surface area contributed by atoms with Gasteiger partial charge in [-0.1, -0.05) is 572 Å². The van der Waals surface area contributed by atoms with Crippen molar-refractivity contribution in [1.82, 2.24) is 0 Å². The van der Waals surface area contributed by atoms with Crippen molar-refractivity contribution in [1.29, 1.82) is 0 Å². The number of rotatable bonds is 6. The van der Waals surface area contributed by atoms with Crippen molar-refractivity contribution >= 4 is 139 Å². The third-order valence-electron chi connectivity index (χ3n) is 23.7. The summed E-state index contributed by atoms with van der Waals surface area (Å²) < 4.78 is 0. The van der Waals surface area contributed by atoms with Crippen molar-refractivity contribution in [3.05, 3.63) is 473 Å². The maximum Gasteiger partial charge on any atom is 0.241 e. The molecule has 0 atom stereocenters. The fourth-order valence-corrected chi connectivity index (χ4v) is 17.8. The van der Waals surface area contributed by atoms with Gasteiger partial charge in [0.25, 0.3) is 0 Å². The molecule has 0 amide bonds. The molecule has 0 spiro atoms. The normalized spacial score (nSPS) is 12.1. The van der Waals surface area contributed by atoms with Crippen LogP contribution in [0.3, 0.4) is 0 Å². The molecule has 19 aliphatic rings. The van der Waals surface area contributed by atoms with Gasteiger partial charge in [-0.25, -0.2) is 0 Å². The van der Waals surface area contributed by atoms with E-state index in [1.165, 1.54) is 165 Å². The molecule has 0 aliphatic carbocycles. The van der Waals surface area contributed by atoms with E-state index in [1.54, 1.807) is 0 Å². The lowest BCUT2D eigenvalue weighted by Crippen LogP contribution is -2.52. The molecular formula is C108H78B6. The molecule has 37 rings (SSSR count). The first-order chi connectivity index (χ1) is 56.5. The third-order valence-corrected chi connectivity index (χ3v) is 23.7. The van der Waals surface area contributed by atoms with E-state index >= 15 is 0 Å². The molecule has 18 aromatic rings. The topological polar surface area (TPSA) is 0 Å². The van der Waals surface area contributed by atoms with E-state index in [1.807, 2.05) is 0 Å². The number of benzene rings is 18. The Morgan fingerprint density at radius 3 is 0.219 bits per heavy atom. The second kappa shape index (κ2) is 32.4. The van der Waals surface area contributed by atoms with Crippen LogP contribution in [-0.2, 0) is 0 Å². The fraction of sp³-hybridized carbons (Fsp3) is 0. The minimum Gasteiger partial charge on any atom is -0.0687 e. The largest absolute Gasteiger partial charge is 0.241 e. The quantitative estimate of drug-likeness (QED) is 0.146. The highest BCUT2D eigenvalue weighted by molar-refractivity contribution is 6.98. The zero-order valence-corrected chi connectivity index (χ0v) is 63.5. The third kappa shape index (κ3) is 14.9. The van der Waals surface area contributed by atoms with Crippen molar-refractivity contribution < 1.29 is 0 Å². The average Bonchev–Trinajstić information content (AvgIpc) is 0.811. The van der Waals surface area contributed by atoms with Crippen LogP contribution in [0.2, 0.25) is 0 Å². The molecule has 528 valence electrons. The lowest BCUT2D eigenvalue weighted by Gasteiger charge is -2.19. The highest BCUT2D eigenvalue weighted by Gasteiger charge is 2.29. The van der Waals surface area contributed by atoms with Crippen molar-refractivity contribution in [2.24, 2.45) is 0 Å². The SMILES string of the molecule is c1ccc(B2c3ccc(cc3)-c3ccc(cc3)B(c3ccccc3)c3ccc(cc3)-c3ccc(cc3)B(c3ccccc3)c3ccc(cc3)-c3ccc(cc3)B(c3ccccc3)c3ccc(cc3)-c3ccc(cc3)B(c3ccccc3)c3ccc(cc3)-c3ccc(cc3)B(c3ccccc3)c3ccc(cc3)-c3ccc2cc3)cc1. The molecule has 24 bridgehead atoms. The molecule has 114 heavy (non-hydrogen) atoms. The molecular weight excluding hydrogens is 1360 g/mol. The first-order valence-corrected chi connectivity index (χ1v) is 40.0. The van der Waals surface area contributed by atoms with Crippen molar-refractivity contribution in [2.75, 3.05) is 0 Å². The minimum atomic E-state index is 0.0538. The smallest absolute Gasteiger partial charge is 0.0687 e. The summed E-state index contributed by atoms with van der Waals surface area (Å²) in [6.07, 6.45) is 0. The van der Waals surface area contributed by atoms with Crippen LogP contribution in [0, 0.1) is 0 Å². The van der Waals surface area contributed by atoms with Crippen molar-refractivity contribution in [2.45, 2.75) is 0 Å². The minimum absolute atomic E-state index is 0.0538. The second-order valence-corrected chi connectivity index (χ2v) is 30.5. The predicted octanol–water partition coefficient (Wildman–Crippen LogP) is 13.1. The Balaban J connectivity index is 0.659. The van der Waals surface area contributed by atoms with E-state index in [9.17, 15) is 0 Å². The molecule has 0 fully saturated rings. The van der Waals surface area contributed by atoms with Crippen LogP contribution in [0.1, 0.15) is 0 Å². The Bertz CT molecular complexity index is 4920. The molecule has 0 radical (unpaired) electrons. The summed E-state index contributed by atoms with van der Waals surface area (Å²) in [4.78, 5) is 0. The maximum atomic E-state index is 2.33. The molecule has 19 aliphatic heterocycles. The van der Waals surface area contributed by atoms with Gasteiger partial charge in [-0.3, -0.25) is 0 Å². The average molecular weight is 1440 g/mol. The number of hydrogen-bond acceptors (Lipinski definition) is 0. The van der Waals surface area contributed by atoms with Gasteiger partial charge < -0.3 is 0 Å². The monoisotopic (exact) mass is 1440 g/mol. The molecule has 0 saturated heterocycles. The van der Waals surface area contributed by atoms with E-state index in [0.717, 1.165) is 0 Å². The predicted molar refractivity (Wildman–Crippen MR) is 498 cm³/mol. The lowest BCUT2D eigenvalue weighted by atomic mass is 9.36. The van der Waals surface area contributed by atoms with Gasteiger partial charge in [-0.2, -0.15) is 0 Å². The molecule has 19 heterocycles. The van der Waals surface area contributed by atoms with E-state index in [4.69, 9.17) is 0 Å². The van der Waals surface area contributed by atoms with Crippen LogP contribution < -0.4 is 98.3 Å².